The summed E-state index contributed by atoms with van der Waals surface area (Å²) in [5, 5.41) is 0. The molecule has 0 amide bonds. The fourth-order valence-corrected chi connectivity index (χ4v) is 3.70. The second-order valence-corrected chi connectivity index (χ2v) is 9.23. The van der Waals surface area contributed by atoms with Crippen molar-refractivity contribution in [1.82, 2.24) is 0 Å². The van der Waals surface area contributed by atoms with Gasteiger partial charge < -0.3 is 25.7 Å². The zero-order valence-electron chi connectivity index (χ0n) is 22.3. The first-order valence-electron chi connectivity index (χ1n) is 12.8. The van der Waals surface area contributed by atoms with E-state index in [4.69, 9.17) is 25.7 Å². The summed E-state index contributed by atoms with van der Waals surface area (Å²) < 4.78 is 81.0. The summed E-state index contributed by atoms with van der Waals surface area (Å²) in [5.41, 5.74) is 12.7. The van der Waals surface area contributed by atoms with E-state index in [1.807, 2.05) is 0 Å². The Labute approximate surface area is 238 Å². The minimum Gasteiger partial charge on any atom is -0.462 e. The van der Waals surface area contributed by atoms with E-state index in [0.29, 0.717) is 22.5 Å². The molecule has 0 saturated carbocycles. The summed E-state index contributed by atoms with van der Waals surface area (Å²) in [4.78, 5) is 23.9. The Balaban J connectivity index is 1.40. The van der Waals surface area contributed by atoms with Crippen molar-refractivity contribution >= 4 is 29.4 Å². The summed E-state index contributed by atoms with van der Waals surface area (Å²) in [5.74, 6) is -1.40. The van der Waals surface area contributed by atoms with Gasteiger partial charge in [-0.1, -0.05) is 24.3 Å². The molecule has 0 bridgehead atoms. The first-order valence-corrected chi connectivity index (χ1v) is 12.8. The lowest BCUT2D eigenvalue weighted by atomic mass is 10.1. The molecule has 0 fully saturated rings. The number of carbonyl (C=O) groups excluding carboxylic acids is 2. The van der Waals surface area contributed by atoms with Crippen LogP contribution < -0.4 is 16.2 Å². The Morgan fingerprint density at radius 1 is 0.786 bits per heavy atom. The summed E-state index contributed by atoms with van der Waals surface area (Å²) in [7, 11) is 0. The number of aryl methyl sites for hydroxylation is 1. The number of anilines is 2. The molecule has 3 rings (SSSR count). The molecule has 0 aliphatic rings. The van der Waals surface area contributed by atoms with Crippen molar-refractivity contribution in [2.45, 2.75) is 38.0 Å². The molecule has 0 aliphatic heterocycles. The summed E-state index contributed by atoms with van der Waals surface area (Å²) in [6.07, 6.45) is -6.06. The van der Waals surface area contributed by atoms with E-state index in [0.717, 1.165) is 18.2 Å². The highest BCUT2D eigenvalue weighted by molar-refractivity contribution is 5.91. The normalized spacial score (nSPS) is 11.8. The van der Waals surface area contributed by atoms with Gasteiger partial charge in [0, 0.05) is 30.3 Å². The Kier molecular flexibility index (Phi) is 10.9. The van der Waals surface area contributed by atoms with Crippen LogP contribution in [0, 0.1) is 0 Å². The topological polar surface area (TPSA) is 114 Å². The predicted octanol–water partition coefficient (Wildman–Crippen LogP) is 6.67. The van der Waals surface area contributed by atoms with Crippen LogP contribution in [0.1, 0.15) is 46.3 Å². The monoisotopic (exact) mass is 592 g/mol. The Morgan fingerprint density at radius 3 is 2.02 bits per heavy atom. The Morgan fingerprint density at radius 2 is 1.40 bits per heavy atom. The number of carbonyl (C=O) groups is 2. The predicted molar refractivity (Wildman–Crippen MR) is 147 cm³/mol. The van der Waals surface area contributed by atoms with Gasteiger partial charge >= 0.3 is 24.2 Å². The maximum Gasteiger partial charge on any atom is 0.426 e. The van der Waals surface area contributed by atoms with Gasteiger partial charge in [0.25, 0.3) is 0 Å². The van der Waals surface area contributed by atoms with Gasteiger partial charge in [-0.05, 0) is 72.5 Å². The number of hydrogen-bond donors (Lipinski definition) is 2. The summed E-state index contributed by atoms with van der Waals surface area (Å²) in [6, 6.07) is 14.8. The molecule has 0 spiro atoms. The van der Waals surface area contributed by atoms with Gasteiger partial charge in [-0.3, -0.25) is 0 Å². The fourth-order valence-electron chi connectivity index (χ4n) is 3.70. The number of nitrogen functional groups attached to an aromatic ring is 2. The van der Waals surface area contributed by atoms with Crippen LogP contribution in [0.25, 0.3) is 6.08 Å². The third kappa shape index (κ3) is 10.8. The van der Waals surface area contributed by atoms with Crippen molar-refractivity contribution in [2.24, 2.45) is 0 Å². The average Bonchev–Trinajstić information content (AvgIpc) is 2.91. The first-order chi connectivity index (χ1) is 19.8. The van der Waals surface area contributed by atoms with Crippen molar-refractivity contribution in [3.05, 3.63) is 95.1 Å². The molecule has 7 nitrogen and oxygen atoms in total. The van der Waals surface area contributed by atoms with Crippen molar-refractivity contribution < 1.29 is 45.8 Å². The molecule has 0 radical (unpaired) electrons. The molecule has 42 heavy (non-hydrogen) atoms. The molecule has 0 atom stereocenters. The summed E-state index contributed by atoms with van der Waals surface area (Å²) >= 11 is 0. The highest BCUT2D eigenvalue weighted by atomic mass is 19.4. The second kappa shape index (κ2) is 14.3. The minimum absolute atomic E-state index is 0.00271. The molecule has 224 valence electrons. The van der Waals surface area contributed by atoms with E-state index in [2.05, 4.69) is 0 Å². The molecule has 3 aromatic rings. The lowest BCUT2D eigenvalue weighted by Gasteiger charge is -2.18. The van der Waals surface area contributed by atoms with E-state index in [-0.39, 0.29) is 43.8 Å². The number of halogens is 5. The fraction of sp³-hybridized carbons (Fsp3) is 0.267. The first kappa shape index (κ1) is 31.9. The van der Waals surface area contributed by atoms with E-state index in [1.165, 1.54) is 60.7 Å². The molecule has 0 heterocycles. The van der Waals surface area contributed by atoms with Gasteiger partial charge in [0.2, 0.25) is 0 Å². The maximum atomic E-state index is 14.6. The molecule has 0 saturated heterocycles. The minimum atomic E-state index is -4.26. The van der Waals surface area contributed by atoms with Crippen LogP contribution in [0.2, 0.25) is 0 Å². The van der Waals surface area contributed by atoms with Crippen molar-refractivity contribution in [3.8, 4) is 5.75 Å². The van der Waals surface area contributed by atoms with Crippen LogP contribution in [0.4, 0.5) is 33.3 Å². The van der Waals surface area contributed by atoms with E-state index < -0.39 is 36.2 Å². The molecular weight excluding hydrogens is 563 g/mol. The van der Waals surface area contributed by atoms with Crippen LogP contribution in [-0.2, 0) is 26.8 Å². The Bertz CT molecular complexity index is 1350. The molecule has 0 aliphatic carbocycles. The van der Waals surface area contributed by atoms with Gasteiger partial charge in [0.1, 0.15) is 5.75 Å². The van der Waals surface area contributed by atoms with Crippen LogP contribution in [-0.4, -0.2) is 31.3 Å². The average molecular weight is 593 g/mol. The van der Waals surface area contributed by atoms with Crippen molar-refractivity contribution in [1.29, 1.82) is 0 Å². The van der Waals surface area contributed by atoms with Crippen molar-refractivity contribution in [2.75, 3.05) is 24.7 Å². The smallest absolute Gasteiger partial charge is 0.426 e. The lowest BCUT2D eigenvalue weighted by Crippen LogP contribution is -2.21. The zero-order chi connectivity index (χ0) is 30.8. The van der Waals surface area contributed by atoms with Gasteiger partial charge in [-0.15, -0.1) is 0 Å². The molecule has 3 aromatic carbocycles. The second-order valence-electron chi connectivity index (χ2n) is 9.23. The van der Waals surface area contributed by atoms with E-state index in [9.17, 15) is 31.5 Å². The molecule has 4 N–H and O–H groups in total. The largest absolute Gasteiger partial charge is 0.462 e. The highest BCUT2D eigenvalue weighted by Crippen LogP contribution is 2.32. The quantitative estimate of drug-likeness (QED) is 0.0750. The summed E-state index contributed by atoms with van der Waals surface area (Å²) in [6.45, 7) is -0.00531. The van der Waals surface area contributed by atoms with Crippen molar-refractivity contribution in [3.63, 3.8) is 0 Å². The molecular formula is C30H29F5N2O5. The number of hydrogen-bond acceptors (Lipinski definition) is 7. The zero-order valence-corrected chi connectivity index (χ0v) is 22.3. The van der Waals surface area contributed by atoms with E-state index >= 15 is 0 Å². The molecule has 0 unspecified atom stereocenters. The van der Waals surface area contributed by atoms with Crippen LogP contribution in [0.5, 0.6) is 5.75 Å². The molecule has 0 aromatic heterocycles. The number of esters is 2. The lowest BCUT2D eigenvalue weighted by molar-refractivity contribution is -0.185. The van der Waals surface area contributed by atoms with Crippen LogP contribution in [0.3, 0.4) is 0 Å². The van der Waals surface area contributed by atoms with Gasteiger partial charge in [-0.2, -0.15) is 22.0 Å². The third-order valence-electron chi connectivity index (χ3n) is 5.73. The maximum absolute atomic E-state index is 14.6. The van der Waals surface area contributed by atoms with Crippen LogP contribution >= 0.6 is 0 Å². The SMILES string of the molecule is Nc1cc(N)cc(C(=O)OCCCOC(=O)C=Cc2ccc(OC(F)(F)c3ccc(CCCC(F)(F)F)cc3)cc2)c1. The van der Waals surface area contributed by atoms with Gasteiger partial charge in [-0.25, -0.2) is 9.59 Å². The third-order valence-corrected chi connectivity index (χ3v) is 5.73. The Hall–Kier alpha value is -4.61. The van der Waals surface area contributed by atoms with Gasteiger partial charge in [0.05, 0.1) is 24.3 Å². The highest BCUT2D eigenvalue weighted by Gasteiger charge is 2.34. The number of nitrogens with two attached hydrogens (primary N) is 2. The van der Waals surface area contributed by atoms with Crippen LogP contribution in [0.15, 0.2) is 72.8 Å². The van der Waals surface area contributed by atoms with E-state index in [1.54, 1.807) is 0 Å². The standard InChI is InChI=1S/C30H29F5N2O5/c31-29(32,33)14-1-3-20-4-9-23(10-5-20)30(34,35)42-26-11-6-21(7-12-26)8-13-27(38)40-15-2-16-41-28(39)22-17-24(36)19-25(37)18-22/h4-13,17-19H,1-3,14-16,36-37H2. The molecule has 12 heteroatoms. The number of benzene rings is 3. The number of rotatable bonds is 13. The van der Waals surface area contributed by atoms with Gasteiger partial charge in [0.15, 0.2) is 0 Å². The number of alkyl halides is 5. The number of ether oxygens (including phenoxy) is 3.